The Morgan fingerprint density at radius 1 is 1.39 bits per heavy atom. The van der Waals surface area contributed by atoms with Crippen molar-refractivity contribution in [3.8, 4) is 0 Å². The highest BCUT2D eigenvalue weighted by atomic mass is 35.5. The summed E-state index contributed by atoms with van der Waals surface area (Å²) >= 11 is 5.84. The number of hydrogen-bond acceptors (Lipinski definition) is 2. The van der Waals surface area contributed by atoms with Crippen LogP contribution in [-0.4, -0.2) is 23.3 Å². The molecule has 2 rings (SSSR count). The molecule has 0 unspecified atom stereocenters. The predicted octanol–water partition coefficient (Wildman–Crippen LogP) is 2.77. The van der Waals surface area contributed by atoms with Gasteiger partial charge in [-0.05, 0) is 31.0 Å². The molecule has 0 bridgehead atoms. The molecule has 1 aliphatic carbocycles. The highest BCUT2D eigenvalue weighted by Gasteiger charge is 2.34. The summed E-state index contributed by atoms with van der Waals surface area (Å²) in [5.74, 6) is 0. The third-order valence-corrected chi connectivity index (χ3v) is 3.56. The maximum atomic E-state index is 11.9. The van der Waals surface area contributed by atoms with E-state index in [1.54, 1.807) is 24.3 Å². The topological polar surface area (TPSA) is 61.4 Å². The Balaban J connectivity index is 1.96. The molecule has 0 saturated heterocycles. The van der Waals surface area contributed by atoms with Gasteiger partial charge in [0.05, 0.1) is 12.1 Å². The molecule has 1 aliphatic rings. The molecule has 5 heteroatoms. The highest BCUT2D eigenvalue weighted by Crippen LogP contribution is 2.29. The predicted molar refractivity (Wildman–Crippen MR) is 71.9 cm³/mol. The second-order valence-corrected chi connectivity index (χ2v) is 5.17. The van der Waals surface area contributed by atoms with Gasteiger partial charge in [-0.3, -0.25) is 0 Å². The molecule has 1 fully saturated rings. The second kappa shape index (κ2) is 5.59. The summed E-state index contributed by atoms with van der Waals surface area (Å²) in [5.41, 5.74) is 0.189. The quantitative estimate of drug-likeness (QED) is 0.789. The van der Waals surface area contributed by atoms with E-state index >= 15 is 0 Å². The summed E-state index contributed by atoms with van der Waals surface area (Å²) in [6, 6.07) is 6.67. The smallest absolute Gasteiger partial charge is 0.319 e. The van der Waals surface area contributed by atoms with E-state index in [0.717, 1.165) is 25.7 Å². The maximum absolute atomic E-state index is 11.9. The molecule has 0 atom stereocenters. The van der Waals surface area contributed by atoms with Crippen LogP contribution in [0.1, 0.15) is 25.7 Å². The molecule has 1 saturated carbocycles. The van der Waals surface area contributed by atoms with Crippen LogP contribution in [0.25, 0.3) is 0 Å². The molecule has 98 valence electrons. The standard InChI is InChI=1S/C13H17ClN2O2/c14-10-4-3-5-11(8-10)15-12(18)16-13(9-17)6-1-2-7-13/h3-5,8,17H,1-2,6-7,9H2,(H2,15,16,18). The SMILES string of the molecule is O=C(Nc1cccc(Cl)c1)NC1(CO)CCCC1. The van der Waals surface area contributed by atoms with Crippen LogP contribution in [0, 0.1) is 0 Å². The van der Waals surface area contributed by atoms with Crippen LogP contribution < -0.4 is 10.6 Å². The van der Waals surface area contributed by atoms with Crippen molar-refractivity contribution in [2.45, 2.75) is 31.2 Å². The normalized spacial score (nSPS) is 17.4. The lowest BCUT2D eigenvalue weighted by Gasteiger charge is -2.27. The van der Waals surface area contributed by atoms with Crippen molar-refractivity contribution in [3.63, 3.8) is 0 Å². The molecule has 1 aromatic carbocycles. The van der Waals surface area contributed by atoms with Gasteiger partial charge in [-0.25, -0.2) is 4.79 Å². The third-order valence-electron chi connectivity index (χ3n) is 3.32. The van der Waals surface area contributed by atoms with Gasteiger partial charge in [-0.15, -0.1) is 0 Å². The first-order valence-corrected chi connectivity index (χ1v) is 6.47. The van der Waals surface area contributed by atoms with Crippen LogP contribution in [0.5, 0.6) is 0 Å². The molecule has 0 aromatic heterocycles. The van der Waals surface area contributed by atoms with Crippen molar-refractivity contribution in [2.24, 2.45) is 0 Å². The number of urea groups is 1. The summed E-state index contributed by atoms with van der Waals surface area (Å²) < 4.78 is 0. The number of nitrogens with one attached hydrogen (secondary N) is 2. The largest absolute Gasteiger partial charge is 0.394 e. The van der Waals surface area contributed by atoms with E-state index in [9.17, 15) is 9.90 Å². The highest BCUT2D eigenvalue weighted by molar-refractivity contribution is 6.30. The summed E-state index contributed by atoms with van der Waals surface area (Å²) in [6.45, 7) is -0.0179. The van der Waals surface area contributed by atoms with Crippen molar-refractivity contribution in [1.29, 1.82) is 0 Å². The van der Waals surface area contributed by atoms with Gasteiger partial charge in [-0.1, -0.05) is 30.5 Å². The van der Waals surface area contributed by atoms with E-state index in [1.165, 1.54) is 0 Å². The number of aliphatic hydroxyl groups excluding tert-OH is 1. The molecule has 0 heterocycles. The van der Waals surface area contributed by atoms with Crippen LogP contribution in [-0.2, 0) is 0 Å². The lowest BCUT2D eigenvalue weighted by Crippen LogP contribution is -2.50. The zero-order valence-electron chi connectivity index (χ0n) is 10.1. The fraction of sp³-hybridized carbons (Fsp3) is 0.462. The van der Waals surface area contributed by atoms with E-state index in [4.69, 9.17) is 11.6 Å². The van der Waals surface area contributed by atoms with E-state index in [-0.39, 0.29) is 12.6 Å². The molecule has 4 nitrogen and oxygen atoms in total. The number of benzene rings is 1. The van der Waals surface area contributed by atoms with Crippen LogP contribution in [0.15, 0.2) is 24.3 Å². The van der Waals surface area contributed by atoms with Crippen LogP contribution in [0.4, 0.5) is 10.5 Å². The lowest BCUT2D eigenvalue weighted by molar-refractivity contribution is 0.167. The van der Waals surface area contributed by atoms with Crippen molar-refractivity contribution >= 4 is 23.3 Å². The number of anilines is 1. The molecule has 18 heavy (non-hydrogen) atoms. The Bertz CT molecular complexity index is 431. The van der Waals surface area contributed by atoms with Gasteiger partial charge in [0.2, 0.25) is 0 Å². The minimum Gasteiger partial charge on any atom is -0.394 e. The summed E-state index contributed by atoms with van der Waals surface area (Å²) in [6.07, 6.45) is 3.73. The average Bonchev–Trinajstić information content (AvgIpc) is 2.78. The Hall–Kier alpha value is -1.26. The molecule has 0 aliphatic heterocycles. The second-order valence-electron chi connectivity index (χ2n) is 4.74. The minimum atomic E-state index is -0.456. The van der Waals surface area contributed by atoms with Crippen molar-refractivity contribution < 1.29 is 9.90 Å². The number of hydrogen-bond donors (Lipinski definition) is 3. The van der Waals surface area contributed by atoms with Crippen LogP contribution >= 0.6 is 11.6 Å². The van der Waals surface area contributed by atoms with E-state index in [2.05, 4.69) is 10.6 Å². The molecule has 2 amide bonds. The van der Waals surface area contributed by atoms with Gasteiger partial charge in [0, 0.05) is 10.7 Å². The Morgan fingerprint density at radius 3 is 2.72 bits per heavy atom. The number of carbonyl (C=O) groups is 1. The molecule has 1 aromatic rings. The number of halogens is 1. The van der Waals surface area contributed by atoms with Gasteiger partial charge in [-0.2, -0.15) is 0 Å². The van der Waals surface area contributed by atoms with Crippen LogP contribution in [0.3, 0.4) is 0 Å². The number of carbonyl (C=O) groups excluding carboxylic acids is 1. The Morgan fingerprint density at radius 2 is 2.11 bits per heavy atom. The van der Waals surface area contributed by atoms with Gasteiger partial charge in [0.1, 0.15) is 0 Å². The van der Waals surface area contributed by atoms with Gasteiger partial charge >= 0.3 is 6.03 Å². The molecule has 0 radical (unpaired) electrons. The van der Waals surface area contributed by atoms with Crippen molar-refractivity contribution in [2.75, 3.05) is 11.9 Å². The molecular weight excluding hydrogens is 252 g/mol. The fourth-order valence-electron chi connectivity index (χ4n) is 2.34. The number of aliphatic hydroxyl groups is 1. The van der Waals surface area contributed by atoms with Crippen molar-refractivity contribution in [3.05, 3.63) is 29.3 Å². The lowest BCUT2D eigenvalue weighted by atomic mass is 9.99. The molecule has 3 N–H and O–H groups in total. The first-order valence-electron chi connectivity index (χ1n) is 6.09. The first-order chi connectivity index (χ1) is 8.63. The summed E-state index contributed by atoms with van der Waals surface area (Å²) in [4.78, 5) is 11.9. The molecule has 0 spiro atoms. The van der Waals surface area contributed by atoms with Gasteiger partial charge in [0.25, 0.3) is 0 Å². The van der Waals surface area contributed by atoms with Gasteiger partial charge in [0.15, 0.2) is 0 Å². The Kier molecular flexibility index (Phi) is 4.09. The average molecular weight is 269 g/mol. The maximum Gasteiger partial charge on any atom is 0.319 e. The van der Waals surface area contributed by atoms with E-state index in [0.29, 0.717) is 10.7 Å². The van der Waals surface area contributed by atoms with E-state index in [1.807, 2.05) is 0 Å². The van der Waals surface area contributed by atoms with E-state index < -0.39 is 5.54 Å². The first kappa shape index (κ1) is 13.2. The summed E-state index contributed by atoms with van der Waals surface area (Å²) in [7, 11) is 0. The zero-order valence-corrected chi connectivity index (χ0v) is 10.8. The molecular formula is C13H17ClN2O2. The number of rotatable bonds is 3. The van der Waals surface area contributed by atoms with Gasteiger partial charge < -0.3 is 15.7 Å². The van der Waals surface area contributed by atoms with Crippen LogP contribution in [0.2, 0.25) is 5.02 Å². The fourth-order valence-corrected chi connectivity index (χ4v) is 2.53. The number of amides is 2. The van der Waals surface area contributed by atoms with Crippen molar-refractivity contribution in [1.82, 2.24) is 5.32 Å². The zero-order chi connectivity index (χ0) is 13.0. The Labute approximate surface area is 111 Å². The monoisotopic (exact) mass is 268 g/mol. The minimum absolute atomic E-state index is 0.0179. The summed E-state index contributed by atoms with van der Waals surface area (Å²) in [5, 5.41) is 15.6. The third kappa shape index (κ3) is 3.15.